The maximum atomic E-state index is 12.5. The highest BCUT2D eigenvalue weighted by molar-refractivity contribution is 9.10. The van der Waals surface area contributed by atoms with Gasteiger partial charge in [-0.25, -0.2) is 8.78 Å². The molecule has 1 aromatic rings. The van der Waals surface area contributed by atoms with Gasteiger partial charge < -0.3 is 5.73 Å². The third-order valence-electron chi connectivity index (χ3n) is 1.86. The Morgan fingerprint density at radius 1 is 1.29 bits per heavy atom. The zero-order valence-electron chi connectivity index (χ0n) is 7.29. The Morgan fingerprint density at radius 3 is 2.29 bits per heavy atom. The van der Waals surface area contributed by atoms with E-state index in [4.69, 9.17) is 5.73 Å². The Balaban J connectivity index is 0.00000169. The first-order chi connectivity index (χ1) is 6.16. The van der Waals surface area contributed by atoms with E-state index in [1.807, 2.05) is 0 Å². The van der Waals surface area contributed by atoms with Crippen LogP contribution >= 0.6 is 28.3 Å². The van der Waals surface area contributed by atoms with E-state index in [1.165, 1.54) is 0 Å². The number of hydrogen-bond donors (Lipinski definition) is 1. The highest BCUT2D eigenvalue weighted by Crippen LogP contribution is 2.28. The van der Waals surface area contributed by atoms with Crippen molar-refractivity contribution in [2.75, 3.05) is 6.54 Å². The Morgan fingerprint density at radius 2 is 1.86 bits per heavy atom. The molecule has 0 aliphatic heterocycles. The van der Waals surface area contributed by atoms with Gasteiger partial charge in [0.25, 0.3) is 0 Å². The molecule has 1 unspecified atom stereocenters. The molecule has 0 aliphatic carbocycles. The van der Waals surface area contributed by atoms with Crippen molar-refractivity contribution in [3.8, 4) is 0 Å². The molecule has 0 saturated heterocycles. The minimum atomic E-state index is -2.41. The van der Waals surface area contributed by atoms with Gasteiger partial charge in [-0.3, -0.25) is 0 Å². The predicted molar refractivity (Wildman–Crippen MR) is 59.2 cm³/mol. The Bertz CT molecular complexity index is 283. The molecule has 0 amide bonds. The summed E-state index contributed by atoms with van der Waals surface area (Å²) in [5.74, 6) is -0.879. The van der Waals surface area contributed by atoms with Crippen LogP contribution in [0.4, 0.5) is 8.78 Å². The summed E-state index contributed by atoms with van der Waals surface area (Å²) >= 11 is 3.22. The summed E-state index contributed by atoms with van der Waals surface area (Å²) in [5, 5.41) is 0. The summed E-state index contributed by atoms with van der Waals surface area (Å²) in [6, 6.07) is 6.91. The molecular weight excluding hydrogens is 275 g/mol. The lowest BCUT2D eigenvalue weighted by molar-refractivity contribution is 0.117. The maximum Gasteiger partial charge on any atom is 0.246 e. The highest BCUT2D eigenvalue weighted by atomic mass is 79.9. The smallest absolute Gasteiger partial charge is 0.246 e. The van der Waals surface area contributed by atoms with Gasteiger partial charge in [0.15, 0.2) is 0 Å². The Hall–Kier alpha value is -0.190. The van der Waals surface area contributed by atoms with Crippen LogP contribution in [0, 0.1) is 0 Å². The molecule has 5 heteroatoms. The van der Waals surface area contributed by atoms with Crippen LogP contribution in [0.5, 0.6) is 0 Å². The van der Waals surface area contributed by atoms with E-state index in [1.54, 1.807) is 24.3 Å². The first-order valence-electron chi connectivity index (χ1n) is 3.89. The van der Waals surface area contributed by atoms with Crippen LogP contribution in [0.3, 0.4) is 0 Å². The van der Waals surface area contributed by atoms with Gasteiger partial charge in [0.05, 0.1) is 5.92 Å². The maximum absolute atomic E-state index is 12.5. The van der Waals surface area contributed by atoms with Crippen molar-refractivity contribution in [3.63, 3.8) is 0 Å². The van der Waals surface area contributed by atoms with E-state index in [0.717, 1.165) is 0 Å². The zero-order chi connectivity index (χ0) is 9.84. The fraction of sp³-hybridized carbons (Fsp3) is 0.333. The minimum Gasteiger partial charge on any atom is -0.330 e. The van der Waals surface area contributed by atoms with E-state index in [0.29, 0.717) is 10.0 Å². The quantitative estimate of drug-likeness (QED) is 0.907. The average Bonchev–Trinajstić information content (AvgIpc) is 2.09. The molecule has 1 rings (SSSR count). The predicted octanol–water partition coefficient (Wildman–Crippen LogP) is 3.18. The van der Waals surface area contributed by atoms with Crippen LogP contribution in [-0.2, 0) is 0 Å². The Kier molecular flexibility index (Phi) is 6.24. The number of halogens is 4. The second-order valence-corrected chi connectivity index (χ2v) is 3.55. The van der Waals surface area contributed by atoms with Crippen molar-refractivity contribution in [3.05, 3.63) is 34.3 Å². The minimum absolute atomic E-state index is 0. The topological polar surface area (TPSA) is 26.0 Å². The molecule has 0 aromatic heterocycles. The fourth-order valence-corrected chi connectivity index (χ4v) is 1.72. The lowest BCUT2D eigenvalue weighted by Crippen LogP contribution is -2.19. The third-order valence-corrected chi connectivity index (χ3v) is 2.58. The summed E-state index contributed by atoms with van der Waals surface area (Å²) in [6.45, 7) is -0.0414. The molecule has 0 radical (unpaired) electrons. The number of alkyl halides is 2. The van der Waals surface area contributed by atoms with Crippen molar-refractivity contribution in [1.29, 1.82) is 0 Å². The van der Waals surface area contributed by atoms with Crippen LogP contribution in [0.15, 0.2) is 28.7 Å². The number of rotatable bonds is 3. The van der Waals surface area contributed by atoms with Gasteiger partial charge in [-0.05, 0) is 11.6 Å². The monoisotopic (exact) mass is 285 g/mol. The first kappa shape index (κ1) is 13.8. The van der Waals surface area contributed by atoms with Crippen molar-refractivity contribution >= 4 is 28.3 Å². The SMILES string of the molecule is Cl.NCC(c1ccccc1Br)C(F)F. The molecule has 1 aromatic carbocycles. The molecule has 1 atom stereocenters. The number of benzene rings is 1. The molecule has 0 aliphatic rings. The fourth-order valence-electron chi connectivity index (χ4n) is 1.14. The Labute approximate surface area is 96.2 Å². The molecule has 0 saturated carbocycles. The lowest BCUT2D eigenvalue weighted by Gasteiger charge is -2.15. The standard InChI is InChI=1S/C9H10BrF2N.ClH/c10-8-4-2-1-3-6(8)7(5-13)9(11)12;/h1-4,7,9H,5,13H2;1H. The van der Waals surface area contributed by atoms with E-state index in [9.17, 15) is 8.78 Å². The molecule has 14 heavy (non-hydrogen) atoms. The summed E-state index contributed by atoms with van der Waals surface area (Å²) in [5.41, 5.74) is 5.84. The normalized spacial score (nSPS) is 12.4. The first-order valence-corrected chi connectivity index (χ1v) is 4.68. The molecule has 0 spiro atoms. The second-order valence-electron chi connectivity index (χ2n) is 2.70. The molecule has 0 bridgehead atoms. The van der Waals surface area contributed by atoms with Crippen LogP contribution in [0.2, 0.25) is 0 Å². The van der Waals surface area contributed by atoms with E-state index in [2.05, 4.69) is 15.9 Å². The van der Waals surface area contributed by atoms with E-state index >= 15 is 0 Å². The molecule has 0 fully saturated rings. The van der Waals surface area contributed by atoms with Crippen molar-refractivity contribution in [2.45, 2.75) is 12.3 Å². The van der Waals surface area contributed by atoms with Crippen LogP contribution < -0.4 is 5.73 Å². The van der Waals surface area contributed by atoms with Crippen molar-refractivity contribution < 1.29 is 8.78 Å². The van der Waals surface area contributed by atoms with Crippen LogP contribution in [0.1, 0.15) is 11.5 Å². The van der Waals surface area contributed by atoms with Gasteiger partial charge in [0.2, 0.25) is 6.43 Å². The zero-order valence-corrected chi connectivity index (χ0v) is 9.69. The van der Waals surface area contributed by atoms with Gasteiger partial charge in [0.1, 0.15) is 0 Å². The second kappa shape index (κ2) is 6.32. The van der Waals surface area contributed by atoms with Crippen LogP contribution in [-0.4, -0.2) is 13.0 Å². The van der Waals surface area contributed by atoms with E-state index in [-0.39, 0.29) is 19.0 Å². The third kappa shape index (κ3) is 3.19. The average molecular weight is 287 g/mol. The van der Waals surface area contributed by atoms with Gasteiger partial charge in [-0.15, -0.1) is 12.4 Å². The largest absolute Gasteiger partial charge is 0.330 e. The molecule has 1 nitrogen and oxygen atoms in total. The summed E-state index contributed by atoms with van der Waals surface area (Å²) in [6.07, 6.45) is -2.41. The number of nitrogens with two attached hydrogens (primary N) is 1. The van der Waals surface area contributed by atoms with Gasteiger partial charge in [-0.2, -0.15) is 0 Å². The van der Waals surface area contributed by atoms with Gasteiger partial charge in [0, 0.05) is 11.0 Å². The summed E-state index contributed by atoms with van der Waals surface area (Å²) in [4.78, 5) is 0. The van der Waals surface area contributed by atoms with E-state index < -0.39 is 12.3 Å². The molecular formula is C9H11BrClF2N. The van der Waals surface area contributed by atoms with Gasteiger partial charge >= 0.3 is 0 Å². The van der Waals surface area contributed by atoms with Crippen molar-refractivity contribution in [1.82, 2.24) is 0 Å². The molecule has 80 valence electrons. The number of hydrogen-bond acceptors (Lipinski definition) is 1. The lowest BCUT2D eigenvalue weighted by atomic mass is 10.0. The molecule has 2 N–H and O–H groups in total. The van der Waals surface area contributed by atoms with Gasteiger partial charge in [-0.1, -0.05) is 34.1 Å². The molecule has 0 heterocycles. The van der Waals surface area contributed by atoms with Crippen LogP contribution in [0.25, 0.3) is 0 Å². The highest BCUT2D eigenvalue weighted by Gasteiger charge is 2.22. The summed E-state index contributed by atoms with van der Waals surface area (Å²) < 4.78 is 25.6. The summed E-state index contributed by atoms with van der Waals surface area (Å²) in [7, 11) is 0. The van der Waals surface area contributed by atoms with Crippen molar-refractivity contribution in [2.24, 2.45) is 5.73 Å².